The third-order valence-corrected chi connectivity index (χ3v) is 4.96. The molecule has 5 nitrogen and oxygen atoms in total. The van der Waals surface area contributed by atoms with Gasteiger partial charge in [-0.2, -0.15) is 0 Å². The molecular formula is C20H20Cl2N2O3. The fourth-order valence-corrected chi connectivity index (χ4v) is 3.47. The molecule has 2 aromatic rings. The van der Waals surface area contributed by atoms with Crippen LogP contribution in [0.3, 0.4) is 0 Å². The van der Waals surface area contributed by atoms with Gasteiger partial charge in [0.15, 0.2) is 6.61 Å². The van der Waals surface area contributed by atoms with Crippen molar-refractivity contribution in [3.63, 3.8) is 0 Å². The summed E-state index contributed by atoms with van der Waals surface area (Å²) in [5, 5.41) is 3.76. The number of piperidine rings is 1. The minimum Gasteiger partial charge on any atom is -0.482 e. The summed E-state index contributed by atoms with van der Waals surface area (Å²) in [7, 11) is 0. The molecule has 1 aliphatic heterocycles. The molecule has 3 rings (SSSR count). The van der Waals surface area contributed by atoms with Crippen molar-refractivity contribution in [3.05, 3.63) is 58.6 Å². The summed E-state index contributed by atoms with van der Waals surface area (Å²) in [5.74, 6) is -0.0644. The zero-order chi connectivity index (χ0) is 19.2. The molecule has 0 saturated carbocycles. The van der Waals surface area contributed by atoms with Crippen LogP contribution in [0, 0.1) is 5.92 Å². The molecule has 142 valence electrons. The van der Waals surface area contributed by atoms with Crippen molar-refractivity contribution in [2.45, 2.75) is 12.8 Å². The number of nitrogens with zero attached hydrogens (tertiary/aromatic N) is 1. The molecule has 1 aliphatic rings. The summed E-state index contributed by atoms with van der Waals surface area (Å²) < 4.78 is 5.52. The number of ether oxygens (including phenoxy) is 1. The molecule has 2 amide bonds. The third-order valence-electron chi connectivity index (χ3n) is 4.43. The van der Waals surface area contributed by atoms with E-state index < -0.39 is 0 Å². The predicted octanol–water partition coefficient (Wildman–Crippen LogP) is 4.25. The van der Waals surface area contributed by atoms with Crippen molar-refractivity contribution in [2.75, 3.05) is 25.0 Å². The lowest BCUT2D eigenvalue weighted by molar-refractivity contribution is -0.136. The number of carbonyl (C=O) groups is 2. The van der Waals surface area contributed by atoms with Crippen molar-refractivity contribution in [1.29, 1.82) is 0 Å². The number of benzene rings is 2. The van der Waals surface area contributed by atoms with E-state index in [2.05, 4.69) is 5.32 Å². The highest BCUT2D eigenvalue weighted by Gasteiger charge is 2.28. The van der Waals surface area contributed by atoms with Crippen LogP contribution in [-0.2, 0) is 9.59 Å². The maximum absolute atomic E-state index is 12.5. The van der Waals surface area contributed by atoms with Gasteiger partial charge in [0.25, 0.3) is 5.91 Å². The van der Waals surface area contributed by atoms with E-state index in [0.29, 0.717) is 28.9 Å². The second kappa shape index (κ2) is 9.11. The molecule has 1 N–H and O–H groups in total. The van der Waals surface area contributed by atoms with E-state index in [0.717, 1.165) is 18.5 Å². The third kappa shape index (κ3) is 5.37. The van der Waals surface area contributed by atoms with Crippen LogP contribution in [0.2, 0.25) is 10.0 Å². The molecular weight excluding hydrogens is 387 g/mol. The van der Waals surface area contributed by atoms with Crippen LogP contribution >= 0.6 is 23.2 Å². The van der Waals surface area contributed by atoms with E-state index in [4.69, 9.17) is 27.9 Å². The van der Waals surface area contributed by atoms with E-state index in [-0.39, 0.29) is 24.3 Å². The Balaban J connectivity index is 1.53. The second-order valence-electron chi connectivity index (χ2n) is 6.40. The number of likely N-dealkylation sites (tertiary alicyclic amines) is 1. The van der Waals surface area contributed by atoms with Gasteiger partial charge in [-0.3, -0.25) is 9.59 Å². The van der Waals surface area contributed by atoms with Crippen molar-refractivity contribution in [3.8, 4) is 5.75 Å². The largest absolute Gasteiger partial charge is 0.482 e. The average molecular weight is 407 g/mol. The molecule has 1 unspecified atom stereocenters. The lowest BCUT2D eigenvalue weighted by atomic mass is 9.97. The Morgan fingerprint density at radius 3 is 2.67 bits per heavy atom. The van der Waals surface area contributed by atoms with Gasteiger partial charge in [0.1, 0.15) is 5.75 Å². The molecule has 1 heterocycles. The Hall–Kier alpha value is -2.24. The van der Waals surface area contributed by atoms with E-state index in [1.54, 1.807) is 23.1 Å². The van der Waals surface area contributed by atoms with Gasteiger partial charge in [-0.05, 0) is 43.2 Å². The highest BCUT2D eigenvalue weighted by molar-refractivity contribution is 6.35. The minimum atomic E-state index is -0.234. The Morgan fingerprint density at radius 1 is 1.15 bits per heavy atom. The molecule has 0 bridgehead atoms. The van der Waals surface area contributed by atoms with Crippen LogP contribution in [0.15, 0.2) is 48.5 Å². The van der Waals surface area contributed by atoms with Crippen molar-refractivity contribution >= 4 is 40.7 Å². The van der Waals surface area contributed by atoms with Crippen LogP contribution in [0.1, 0.15) is 12.8 Å². The monoisotopic (exact) mass is 406 g/mol. The first-order valence-electron chi connectivity index (χ1n) is 8.74. The molecule has 1 atom stereocenters. The fraction of sp³-hybridized carbons (Fsp3) is 0.300. The summed E-state index contributed by atoms with van der Waals surface area (Å²) in [6.45, 7) is 0.870. The van der Waals surface area contributed by atoms with E-state index >= 15 is 0 Å². The van der Waals surface area contributed by atoms with Crippen LogP contribution in [0.4, 0.5) is 5.69 Å². The molecule has 0 radical (unpaired) electrons. The Morgan fingerprint density at radius 2 is 1.93 bits per heavy atom. The lowest BCUT2D eigenvalue weighted by Crippen LogP contribution is -2.45. The summed E-state index contributed by atoms with van der Waals surface area (Å²) in [6.07, 6.45) is 1.53. The van der Waals surface area contributed by atoms with Crippen molar-refractivity contribution in [2.24, 2.45) is 5.92 Å². The highest BCUT2D eigenvalue weighted by atomic mass is 35.5. The average Bonchev–Trinajstić information content (AvgIpc) is 2.68. The van der Waals surface area contributed by atoms with Gasteiger partial charge in [-0.15, -0.1) is 0 Å². The number of carbonyl (C=O) groups excluding carboxylic acids is 2. The number of nitrogens with one attached hydrogen (secondary N) is 1. The van der Waals surface area contributed by atoms with E-state index in [1.165, 1.54) is 0 Å². The Bertz CT molecular complexity index is 814. The number of anilines is 1. The zero-order valence-corrected chi connectivity index (χ0v) is 16.2. The van der Waals surface area contributed by atoms with Gasteiger partial charge in [-0.1, -0.05) is 41.4 Å². The first-order chi connectivity index (χ1) is 13.0. The molecule has 1 fully saturated rings. The molecule has 27 heavy (non-hydrogen) atoms. The number of amides is 2. The van der Waals surface area contributed by atoms with E-state index in [9.17, 15) is 9.59 Å². The fourth-order valence-electron chi connectivity index (χ4n) is 3.01. The quantitative estimate of drug-likeness (QED) is 0.806. The molecule has 0 spiro atoms. The maximum atomic E-state index is 12.5. The predicted molar refractivity (Wildman–Crippen MR) is 106 cm³/mol. The first kappa shape index (κ1) is 19.5. The number of hydrogen-bond donors (Lipinski definition) is 1. The molecule has 1 saturated heterocycles. The summed E-state index contributed by atoms with van der Waals surface area (Å²) in [6, 6.07) is 14.2. The number of rotatable bonds is 5. The van der Waals surface area contributed by atoms with Gasteiger partial charge in [0.2, 0.25) is 5.91 Å². The molecule has 0 aromatic heterocycles. The maximum Gasteiger partial charge on any atom is 0.260 e. The summed E-state index contributed by atoms with van der Waals surface area (Å²) >= 11 is 11.9. The van der Waals surface area contributed by atoms with Crippen LogP contribution in [-0.4, -0.2) is 36.4 Å². The number of para-hydroxylation sites is 1. The molecule has 2 aromatic carbocycles. The minimum absolute atomic E-state index is 0.0691. The smallest absolute Gasteiger partial charge is 0.260 e. The summed E-state index contributed by atoms with van der Waals surface area (Å²) in [4.78, 5) is 26.6. The van der Waals surface area contributed by atoms with Crippen molar-refractivity contribution < 1.29 is 14.3 Å². The van der Waals surface area contributed by atoms with Crippen LogP contribution in [0.25, 0.3) is 0 Å². The van der Waals surface area contributed by atoms with Crippen LogP contribution in [0.5, 0.6) is 5.75 Å². The number of halogens is 2. The van der Waals surface area contributed by atoms with Gasteiger partial charge in [0.05, 0.1) is 10.9 Å². The first-order valence-corrected chi connectivity index (χ1v) is 9.50. The number of hydrogen-bond acceptors (Lipinski definition) is 3. The second-order valence-corrected chi connectivity index (χ2v) is 7.24. The normalized spacial score (nSPS) is 16.7. The topological polar surface area (TPSA) is 58.6 Å². The summed E-state index contributed by atoms with van der Waals surface area (Å²) in [5.41, 5.74) is 0.756. The highest BCUT2D eigenvalue weighted by Crippen LogP contribution is 2.27. The zero-order valence-electron chi connectivity index (χ0n) is 14.7. The van der Waals surface area contributed by atoms with Gasteiger partial charge in [-0.25, -0.2) is 0 Å². The van der Waals surface area contributed by atoms with Gasteiger partial charge < -0.3 is 15.0 Å². The van der Waals surface area contributed by atoms with Crippen molar-refractivity contribution in [1.82, 2.24) is 4.90 Å². The molecule has 0 aliphatic carbocycles. The standard InChI is InChI=1S/C20H20Cl2N2O3/c21-15-8-9-18(17(22)11-15)27-13-19(25)24-10-4-5-14(12-24)20(26)23-16-6-2-1-3-7-16/h1-3,6-9,11,14H,4-5,10,12-13H2,(H,23,26). The Kier molecular flexibility index (Phi) is 6.58. The van der Waals surface area contributed by atoms with Gasteiger partial charge >= 0.3 is 0 Å². The SMILES string of the molecule is O=C(Nc1ccccc1)C1CCCN(C(=O)COc2ccc(Cl)cc2Cl)C1. The molecule has 7 heteroatoms. The lowest BCUT2D eigenvalue weighted by Gasteiger charge is -2.32. The van der Waals surface area contributed by atoms with E-state index in [1.807, 2.05) is 30.3 Å². The van der Waals surface area contributed by atoms with Gasteiger partial charge in [0, 0.05) is 23.8 Å². The van der Waals surface area contributed by atoms with Crippen LogP contribution < -0.4 is 10.1 Å². The Labute approximate surface area is 168 Å².